The number of rotatable bonds is 0. The molecule has 0 fully saturated rings. The molecule has 0 spiro atoms. The molecule has 1 aromatic heterocycles. The van der Waals surface area contributed by atoms with Gasteiger partial charge in [0.25, 0.3) is 0 Å². The summed E-state index contributed by atoms with van der Waals surface area (Å²) < 4.78 is 3.42. The molecule has 1 rings (SSSR count). The third kappa shape index (κ3) is 16.3. The number of hydrogen-bond donors (Lipinski definition) is 0. The topological polar surface area (TPSA) is 0 Å². The molecule has 0 amide bonds. The van der Waals surface area contributed by atoms with Gasteiger partial charge in [-0.2, -0.15) is 0 Å². The molecule has 0 saturated carbocycles. The first kappa shape index (κ1) is 36.5. The molecule has 0 atom stereocenters. The van der Waals surface area contributed by atoms with E-state index in [1.54, 1.807) is 4.91 Å². The summed E-state index contributed by atoms with van der Waals surface area (Å²) >= 11 is 3.54. The van der Waals surface area contributed by atoms with Crippen molar-refractivity contribution in [1.29, 1.82) is 0 Å². The first-order valence-corrected chi connectivity index (χ1v) is 6.90. The molecule has 0 aliphatic heterocycles. The summed E-state index contributed by atoms with van der Waals surface area (Å²) in [5, 5.41) is 0. The Bertz CT molecular complexity index is 145. The SMILES string of the molecule is C.C.C.C.C.C.[SnH][c]1cc[c]([SnH])[se]1. The fourth-order valence-electron chi connectivity index (χ4n) is 0.368. The second-order valence-corrected chi connectivity index (χ2v) is 12.5. The van der Waals surface area contributed by atoms with Crippen LogP contribution in [-0.2, 0) is 0 Å². The summed E-state index contributed by atoms with van der Waals surface area (Å²) in [4.78, 5) is 0. The zero-order valence-corrected chi connectivity index (χ0v) is 12.0. The summed E-state index contributed by atoms with van der Waals surface area (Å²) in [6.07, 6.45) is 0. The van der Waals surface area contributed by atoms with E-state index < -0.39 is 0 Å². The standard InChI is InChI=1S/C4H2Se.6CH4.2Sn.2H/c1-2-4-5-3-1;;;;;;;;;;/h1-2H;6*1H4;;;;. The Kier molecular flexibility index (Phi) is 54.0. The van der Waals surface area contributed by atoms with Gasteiger partial charge in [0, 0.05) is 0 Å². The van der Waals surface area contributed by atoms with Crippen molar-refractivity contribution >= 4 is 64.5 Å². The maximum absolute atomic E-state index is 2.29. The molecule has 0 aliphatic rings. The van der Waals surface area contributed by atoms with E-state index in [9.17, 15) is 0 Å². The quantitative estimate of drug-likeness (QED) is 0.512. The molecular formula is C10H28SeSn2. The van der Waals surface area contributed by atoms with Crippen molar-refractivity contribution in [3.63, 3.8) is 0 Å². The Morgan fingerprint density at radius 3 is 1.00 bits per heavy atom. The predicted octanol–water partition coefficient (Wildman–Crippen LogP) is 1.61. The van der Waals surface area contributed by atoms with Crippen LogP contribution in [-0.4, -0.2) is 59.6 Å². The van der Waals surface area contributed by atoms with Crippen LogP contribution < -0.4 is 4.91 Å². The van der Waals surface area contributed by atoms with Crippen molar-refractivity contribution in [3.8, 4) is 0 Å². The summed E-state index contributed by atoms with van der Waals surface area (Å²) in [5.41, 5.74) is 0. The van der Waals surface area contributed by atoms with Crippen molar-refractivity contribution in [2.24, 2.45) is 0 Å². The van der Waals surface area contributed by atoms with Crippen LogP contribution in [0.5, 0.6) is 0 Å². The Morgan fingerprint density at radius 2 is 0.923 bits per heavy atom. The summed E-state index contributed by atoms with van der Waals surface area (Å²) in [6, 6.07) is 4.59. The van der Waals surface area contributed by atoms with E-state index >= 15 is 0 Å². The van der Waals surface area contributed by atoms with Crippen molar-refractivity contribution < 1.29 is 0 Å². The molecule has 3 heteroatoms. The molecule has 0 aliphatic carbocycles. The van der Waals surface area contributed by atoms with Gasteiger partial charge in [0.2, 0.25) is 0 Å². The third-order valence-corrected chi connectivity index (χ3v) is 6.80. The zero-order valence-electron chi connectivity index (χ0n) is 3.72. The average molecular weight is 465 g/mol. The van der Waals surface area contributed by atoms with Crippen LogP contribution in [0.15, 0.2) is 12.1 Å². The molecular weight excluding hydrogens is 436 g/mol. The van der Waals surface area contributed by atoms with E-state index in [-0.39, 0.29) is 44.6 Å². The van der Waals surface area contributed by atoms with E-state index in [0.29, 0.717) is 0 Å². The molecule has 1 heterocycles. The molecule has 0 bridgehead atoms. The minimum absolute atomic E-state index is 0. The molecule has 0 saturated heterocycles. The van der Waals surface area contributed by atoms with E-state index in [1.165, 1.54) is 45.0 Å². The second-order valence-electron chi connectivity index (χ2n) is 1.24. The second kappa shape index (κ2) is 19.2. The summed E-state index contributed by atoms with van der Waals surface area (Å²) in [5.74, 6) is 0. The fourth-order valence-corrected chi connectivity index (χ4v) is 11.9. The van der Waals surface area contributed by atoms with Gasteiger partial charge in [-0.1, -0.05) is 44.6 Å². The van der Waals surface area contributed by atoms with Gasteiger partial charge in [0.15, 0.2) is 0 Å². The first-order chi connectivity index (χ1) is 3.29. The minimum atomic E-state index is 0. The Labute approximate surface area is 120 Å². The van der Waals surface area contributed by atoms with Crippen LogP contribution >= 0.6 is 0 Å². The third-order valence-electron chi connectivity index (χ3n) is 0.648. The van der Waals surface area contributed by atoms with Gasteiger partial charge in [-0.05, 0) is 0 Å². The average Bonchev–Trinajstić information content (AvgIpc) is 1.87. The molecule has 0 nitrogen and oxygen atoms in total. The Morgan fingerprint density at radius 1 is 0.692 bits per heavy atom. The Hall–Kier alpha value is 1.60. The van der Waals surface area contributed by atoms with Gasteiger partial charge in [-0.15, -0.1) is 0 Å². The van der Waals surface area contributed by atoms with Gasteiger partial charge >= 0.3 is 76.6 Å². The van der Waals surface area contributed by atoms with Crippen LogP contribution in [0.1, 0.15) is 44.6 Å². The van der Waals surface area contributed by atoms with Crippen molar-refractivity contribution in [2.75, 3.05) is 0 Å². The fraction of sp³-hybridized carbons (Fsp3) is 0.600. The van der Waals surface area contributed by atoms with E-state index in [4.69, 9.17) is 0 Å². The van der Waals surface area contributed by atoms with Crippen LogP contribution in [0.3, 0.4) is 0 Å². The summed E-state index contributed by atoms with van der Waals surface area (Å²) in [6.45, 7) is 0. The monoisotopic (exact) mass is 468 g/mol. The number of hydrogen-bond acceptors (Lipinski definition) is 0. The van der Waals surface area contributed by atoms with E-state index in [2.05, 4.69) is 12.1 Å². The van der Waals surface area contributed by atoms with E-state index in [0.717, 1.165) is 14.5 Å². The van der Waals surface area contributed by atoms with Crippen molar-refractivity contribution in [2.45, 2.75) is 44.6 Å². The molecule has 82 valence electrons. The normalized spacial score (nSPS) is 5.08. The van der Waals surface area contributed by atoms with Crippen LogP contribution in [0.4, 0.5) is 0 Å². The predicted molar refractivity (Wildman–Crippen MR) is 77.3 cm³/mol. The molecule has 0 aromatic carbocycles. The maximum atomic E-state index is 2.29. The molecule has 13 heavy (non-hydrogen) atoms. The molecule has 1 aromatic rings. The van der Waals surface area contributed by atoms with Gasteiger partial charge in [0.1, 0.15) is 0 Å². The van der Waals surface area contributed by atoms with Gasteiger partial charge < -0.3 is 0 Å². The van der Waals surface area contributed by atoms with Crippen LogP contribution in [0, 0.1) is 0 Å². The van der Waals surface area contributed by atoms with E-state index in [1.807, 2.05) is 0 Å². The Balaban J connectivity index is -0.0000000204. The van der Waals surface area contributed by atoms with Crippen LogP contribution in [0.2, 0.25) is 0 Å². The first-order valence-electron chi connectivity index (χ1n) is 1.90. The molecule has 0 N–H and O–H groups in total. The van der Waals surface area contributed by atoms with Gasteiger partial charge in [-0.25, -0.2) is 0 Å². The summed E-state index contributed by atoms with van der Waals surface area (Å²) in [7, 11) is 0. The van der Waals surface area contributed by atoms with Gasteiger partial charge in [0.05, 0.1) is 0 Å². The van der Waals surface area contributed by atoms with Gasteiger partial charge in [-0.3, -0.25) is 0 Å². The van der Waals surface area contributed by atoms with Crippen molar-refractivity contribution in [1.82, 2.24) is 0 Å². The zero-order chi connectivity index (χ0) is 5.28. The van der Waals surface area contributed by atoms with Crippen LogP contribution in [0.25, 0.3) is 0 Å². The molecule has 0 unspecified atom stereocenters. The van der Waals surface area contributed by atoms with Crippen molar-refractivity contribution in [3.05, 3.63) is 12.1 Å². The molecule has 4 radical (unpaired) electrons.